The van der Waals surface area contributed by atoms with E-state index < -0.39 is 10.0 Å². The van der Waals surface area contributed by atoms with Crippen molar-refractivity contribution in [1.82, 2.24) is 0 Å². The lowest BCUT2D eigenvalue weighted by Crippen LogP contribution is -2.25. The number of hydrogen-bond donors (Lipinski definition) is 1. The van der Waals surface area contributed by atoms with E-state index in [1.807, 2.05) is 13.0 Å². The average molecular weight is 308 g/mol. The first-order valence-corrected chi connectivity index (χ1v) is 8.15. The number of benzene rings is 2. The highest BCUT2D eigenvalue weighted by atomic mass is 32.2. The van der Waals surface area contributed by atoms with E-state index in [0.29, 0.717) is 16.8 Å². The summed E-state index contributed by atoms with van der Waals surface area (Å²) in [5.41, 5.74) is 8.42. The van der Waals surface area contributed by atoms with Crippen LogP contribution in [-0.4, -0.2) is 21.7 Å². The third-order valence-corrected chi connectivity index (χ3v) is 4.49. The maximum Gasteiger partial charge on any atom is 0.232 e. The van der Waals surface area contributed by atoms with Crippen LogP contribution in [0.25, 0.3) is 11.1 Å². The highest BCUT2D eigenvalue weighted by Gasteiger charge is 2.15. The van der Waals surface area contributed by atoms with E-state index in [9.17, 15) is 12.8 Å². The molecule has 0 heterocycles. The molecule has 0 bridgehead atoms. The molecule has 2 rings (SSSR count). The first-order chi connectivity index (χ1) is 9.70. The Balaban J connectivity index is 2.49. The maximum atomic E-state index is 14.0. The summed E-state index contributed by atoms with van der Waals surface area (Å²) < 4.78 is 38.1. The van der Waals surface area contributed by atoms with Gasteiger partial charge in [0.15, 0.2) is 0 Å². The van der Waals surface area contributed by atoms with E-state index in [1.54, 1.807) is 24.3 Å². The van der Waals surface area contributed by atoms with Crippen molar-refractivity contribution < 1.29 is 12.8 Å². The average Bonchev–Trinajstić information content (AvgIpc) is 2.36. The molecule has 0 saturated carbocycles. The molecule has 0 aliphatic heterocycles. The third kappa shape index (κ3) is 3.16. The summed E-state index contributed by atoms with van der Waals surface area (Å²) in [6, 6.07) is 9.74. The van der Waals surface area contributed by atoms with Gasteiger partial charge in [-0.1, -0.05) is 18.2 Å². The molecule has 0 spiro atoms. The SMILES string of the molecule is Cc1ccc(-c2ccc(N(C)S(C)(=O)=O)c(N)c2)c(F)c1. The molecule has 0 aliphatic rings. The summed E-state index contributed by atoms with van der Waals surface area (Å²) >= 11 is 0. The van der Waals surface area contributed by atoms with Crippen molar-refractivity contribution >= 4 is 21.4 Å². The number of halogens is 1. The van der Waals surface area contributed by atoms with E-state index in [-0.39, 0.29) is 11.5 Å². The zero-order valence-corrected chi connectivity index (χ0v) is 12.9. The van der Waals surface area contributed by atoms with Gasteiger partial charge in [0, 0.05) is 12.6 Å². The Kier molecular flexibility index (Phi) is 3.91. The fourth-order valence-electron chi connectivity index (χ4n) is 2.04. The normalized spacial score (nSPS) is 11.4. The fourth-order valence-corrected chi connectivity index (χ4v) is 2.57. The fraction of sp³-hybridized carbons (Fsp3) is 0.200. The molecule has 112 valence electrons. The zero-order chi connectivity index (χ0) is 15.8. The van der Waals surface area contributed by atoms with Crippen molar-refractivity contribution in [3.8, 4) is 11.1 Å². The van der Waals surface area contributed by atoms with Crippen LogP contribution < -0.4 is 10.0 Å². The molecular weight excluding hydrogens is 291 g/mol. The van der Waals surface area contributed by atoms with Crippen LogP contribution in [0, 0.1) is 12.7 Å². The number of nitrogens with two attached hydrogens (primary N) is 1. The molecule has 4 nitrogen and oxygen atoms in total. The zero-order valence-electron chi connectivity index (χ0n) is 12.1. The topological polar surface area (TPSA) is 63.4 Å². The Morgan fingerprint density at radius 2 is 1.81 bits per heavy atom. The summed E-state index contributed by atoms with van der Waals surface area (Å²) in [5, 5.41) is 0. The van der Waals surface area contributed by atoms with Crippen molar-refractivity contribution in [3.63, 3.8) is 0 Å². The van der Waals surface area contributed by atoms with Gasteiger partial charge in [0.2, 0.25) is 10.0 Å². The van der Waals surface area contributed by atoms with Gasteiger partial charge in [-0.25, -0.2) is 12.8 Å². The van der Waals surface area contributed by atoms with Gasteiger partial charge in [-0.05, 0) is 36.2 Å². The molecule has 0 saturated heterocycles. The van der Waals surface area contributed by atoms with Crippen LogP contribution in [-0.2, 0) is 10.0 Å². The first-order valence-electron chi connectivity index (χ1n) is 6.30. The van der Waals surface area contributed by atoms with Crippen LogP contribution in [0.15, 0.2) is 36.4 Å². The molecule has 21 heavy (non-hydrogen) atoms. The van der Waals surface area contributed by atoms with Gasteiger partial charge < -0.3 is 5.73 Å². The van der Waals surface area contributed by atoms with E-state index >= 15 is 0 Å². The number of hydrogen-bond acceptors (Lipinski definition) is 3. The lowest BCUT2D eigenvalue weighted by Gasteiger charge is -2.19. The predicted octanol–water partition coefficient (Wildman–Crippen LogP) is 2.78. The van der Waals surface area contributed by atoms with Crippen LogP contribution in [0.4, 0.5) is 15.8 Å². The summed E-state index contributed by atoms with van der Waals surface area (Å²) in [6.07, 6.45) is 1.10. The molecule has 6 heteroatoms. The Bertz CT molecular complexity index is 788. The summed E-state index contributed by atoms with van der Waals surface area (Å²) in [5.74, 6) is -0.335. The highest BCUT2D eigenvalue weighted by molar-refractivity contribution is 7.92. The van der Waals surface area contributed by atoms with Crippen LogP contribution in [0.1, 0.15) is 5.56 Å². The molecule has 0 aromatic heterocycles. The van der Waals surface area contributed by atoms with Crippen LogP contribution in [0.2, 0.25) is 0 Å². The second kappa shape index (κ2) is 5.37. The maximum absolute atomic E-state index is 14.0. The Labute approximate surface area is 124 Å². The second-order valence-electron chi connectivity index (χ2n) is 4.99. The summed E-state index contributed by atoms with van der Waals surface area (Å²) in [4.78, 5) is 0. The minimum atomic E-state index is -3.39. The Hall–Kier alpha value is -2.08. The van der Waals surface area contributed by atoms with Crippen LogP contribution >= 0.6 is 0 Å². The molecule has 2 aromatic rings. The summed E-state index contributed by atoms with van der Waals surface area (Å²) in [6.45, 7) is 1.81. The quantitative estimate of drug-likeness (QED) is 0.887. The molecule has 0 amide bonds. The highest BCUT2D eigenvalue weighted by Crippen LogP contribution is 2.31. The monoisotopic (exact) mass is 308 g/mol. The molecule has 0 unspecified atom stereocenters. The smallest absolute Gasteiger partial charge is 0.232 e. The van der Waals surface area contributed by atoms with E-state index in [0.717, 1.165) is 16.1 Å². The number of aryl methyl sites for hydroxylation is 1. The van der Waals surface area contributed by atoms with Crippen LogP contribution in [0.5, 0.6) is 0 Å². The largest absolute Gasteiger partial charge is 0.397 e. The van der Waals surface area contributed by atoms with E-state index in [4.69, 9.17) is 5.73 Å². The Morgan fingerprint density at radius 3 is 2.33 bits per heavy atom. The molecule has 2 aromatic carbocycles. The molecule has 0 aliphatic carbocycles. The molecular formula is C15H17FN2O2S. The molecule has 0 atom stereocenters. The third-order valence-electron chi connectivity index (χ3n) is 3.30. The standard InChI is InChI=1S/C15H17FN2O2S/c1-10-4-6-12(13(16)8-10)11-5-7-15(14(17)9-11)18(2)21(3,19)20/h4-9H,17H2,1-3H3. The number of nitrogens with zero attached hydrogens (tertiary/aromatic N) is 1. The predicted molar refractivity (Wildman–Crippen MR) is 84.2 cm³/mol. The van der Waals surface area contributed by atoms with Gasteiger partial charge in [-0.2, -0.15) is 0 Å². The first kappa shape index (κ1) is 15.3. The van der Waals surface area contributed by atoms with Crippen molar-refractivity contribution in [2.75, 3.05) is 23.3 Å². The van der Waals surface area contributed by atoms with Gasteiger partial charge in [0.05, 0.1) is 17.6 Å². The van der Waals surface area contributed by atoms with Gasteiger partial charge >= 0.3 is 0 Å². The van der Waals surface area contributed by atoms with Gasteiger partial charge in [-0.15, -0.1) is 0 Å². The molecule has 0 fully saturated rings. The van der Waals surface area contributed by atoms with Crippen molar-refractivity contribution in [1.29, 1.82) is 0 Å². The molecule has 2 N–H and O–H groups in total. The van der Waals surface area contributed by atoms with Crippen molar-refractivity contribution in [3.05, 3.63) is 47.8 Å². The second-order valence-corrected chi connectivity index (χ2v) is 7.00. The van der Waals surface area contributed by atoms with Gasteiger partial charge in [-0.3, -0.25) is 4.31 Å². The van der Waals surface area contributed by atoms with Crippen molar-refractivity contribution in [2.45, 2.75) is 6.92 Å². The minimum absolute atomic E-state index is 0.278. The van der Waals surface area contributed by atoms with Gasteiger partial charge in [0.1, 0.15) is 5.82 Å². The van der Waals surface area contributed by atoms with E-state index in [1.165, 1.54) is 13.1 Å². The van der Waals surface area contributed by atoms with Gasteiger partial charge in [0.25, 0.3) is 0 Å². The number of anilines is 2. The number of sulfonamides is 1. The molecule has 0 radical (unpaired) electrons. The Morgan fingerprint density at radius 1 is 1.14 bits per heavy atom. The summed E-state index contributed by atoms with van der Waals surface area (Å²) in [7, 11) is -1.97. The number of nitrogen functional groups attached to an aromatic ring is 1. The number of rotatable bonds is 3. The minimum Gasteiger partial charge on any atom is -0.397 e. The van der Waals surface area contributed by atoms with E-state index in [2.05, 4.69) is 0 Å². The lowest BCUT2D eigenvalue weighted by atomic mass is 10.0. The van der Waals surface area contributed by atoms with Crippen LogP contribution in [0.3, 0.4) is 0 Å². The van der Waals surface area contributed by atoms with Crippen molar-refractivity contribution in [2.24, 2.45) is 0 Å². The lowest BCUT2D eigenvalue weighted by molar-refractivity contribution is 0.600.